The summed E-state index contributed by atoms with van der Waals surface area (Å²) in [4.78, 5) is 12.2. The number of ether oxygens (including phenoxy) is 1. The predicted octanol–water partition coefficient (Wildman–Crippen LogP) is 2.94. The van der Waals surface area contributed by atoms with Gasteiger partial charge in [-0.15, -0.1) is 0 Å². The minimum atomic E-state index is -1.16. The second kappa shape index (κ2) is 7.24. The minimum absolute atomic E-state index is 0.144. The molecule has 19 heavy (non-hydrogen) atoms. The van der Waals surface area contributed by atoms with Crippen LogP contribution in [-0.4, -0.2) is 22.5 Å². The van der Waals surface area contributed by atoms with Crippen LogP contribution in [0.1, 0.15) is 20.3 Å². The maximum atomic E-state index is 12.6. The Labute approximate surface area is 117 Å². The fourth-order valence-electron chi connectivity index (χ4n) is 1.76. The normalized spacial score (nSPS) is 13.9. The van der Waals surface area contributed by atoms with Crippen LogP contribution in [0, 0.1) is 5.92 Å². The zero-order valence-corrected chi connectivity index (χ0v) is 12.4. The molecule has 104 valence electrons. The standard InChI is InChI=1S/C15H20O3S/c1-11(2)14(10-12(3)15(16)18-4)19(17)13-8-6-5-7-9-13/h5-9,11,14H,3,10H2,1-2,4H3/t14-,19?/m0/s1. The molecular formula is C15H20O3S. The van der Waals surface area contributed by atoms with E-state index >= 15 is 0 Å². The van der Waals surface area contributed by atoms with Crippen LogP contribution in [0.4, 0.5) is 0 Å². The highest BCUT2D eigenvalue weighted by atomic mass is 32.2. The first-order valence-electron chi connectivity index (χ1n) is 6.19. The van der Waals surface area contributed by atoms with Gasteiger partial charge in [0.15, 0.2) is 0 Å². The van der Waals surface area contributed by atoms with E-state index in [0.717, 1.165) is 4.90 Å². The van der Waals surface area contributed by atoms with Crippen LogP contribution >= 0.6 is 0 Å². The number of rotatable bonds is 6. The molecule has 1 aromatic rings. The van der Waals surface area contributed by atoms with E-state index in [1.165, 1.54) is 7.11 Å². The maximum absolute atomic E-state index is 12.6. The quantitative estimate of drug-likeness (QED) is 0.594. The van der Waals surface area contributed by atoms with E-state index in [1.54, 1.807) is 0 Å². The number of methoxy groups -OCH3 is 1. The highest BCUT2D eigenvalue weighted by Crippen LogP contribution is 2.23. The lowest BCUT2D eigenvalue weighted by atomic mass is 10.0. The maximum Gasteiger partial charge on any atom is 0.333 e. The molecule has 0 aliphatic carbocycles. The molecule has 1 rings (SSSR count). The first-order chi connectivity index (χ1) is 8.97. The van der Waals surface area contributed by atoms with Gasteiger partial charge in [0.05, 0.1) is 17.9 Å². The average molecular weight is 280 g/mol. The zero-order valence-electron chi connectivity index (χ0n) is 11.6. The van der Waals surface area contributed by atoms with Crippen molar-refractivity contribution in [2.45, 2.75) is 30.4 Å². The molecule has 0 saturated carbocycles. The lowest BCUT2D eigenvalue weighted by Gasteiger charge is -2.20. The van der Waals surface area contributed by atoms with Gasteiger partial charge in [0.1, 0.15) is 0 Å². The summed E-state index contributed by atoms with van der Waals surface area (Å²) in [5, 5.41) is -0.144. The molecule has 0 spiro atoms. The van der Waals surface area contributed by atoms with Crippen molar-refractivity contribution >= 4 is 16.8 Å². The molecular weight excluding hydrogens is 260 g/mol. The molecule has 0 saturated heterocycles. The minimum Gasteiger partial charge on any atom is -0.466 e. The first kappa shape index (κ1) is 15.6. The Morgan fingerprint density at radius 1 is 1.32 bits per heavy atom. The summed E-state index contributed by atoms with van der Waals surface area (Å²) < 4.78 is 17.2. The van der Waals surface area contributed by atoms with Gasteiger partial charge < -0.3 is 4.74 Å². The summed E-state index contributed by atoms with van der Waals surface area (Å²) >= 11 is 0. The average Bonchev–Trinajstić information content (AvgIpc) is 2.43. The molecule has 2 atom stereocenters. The van der Waals surface area contributed by atoms with Gasteiger partial charge in [-0.1, -0.05) is 38.6 Å². The molecule has 0 amide bonds. The second-order valence-electron chi connectivity index (χ2n) is 4.69. The Hall–Kier alpha value is -1.42. The SMILES string of the molecule is C=C(C[C@@H](C(C)C)S(=O)c1ccccc1)C(=O)OC. The van der Waals surface area contributed by atoms with E-state index in [4.69, 9.17) is 0 Å². The van der Waals surface area contributed by atoms with E-state index in [0.29, 0.717) is 12.0 Å². The number of esters is 1. The molecule has 0 aromatic heterocycles. The lowest BCUT2D eigenvalue weighted by molar-refractivity contribution is -0.136. The van der Waals surface area contributed by atoms with E-state index in [-0.39, 0.29) is 11.2 Å². The van der Waals surface area contributed by atoms with Gasteiger partial charge in [0.2, 0.25) is 0 Å². The van der Waals surface area contributed by atoms with Crippen LogP contribution in [0.15, 0.2) is 47.4 Å². The number of carbonyl (C=O) groups is 1. The van der Waals surface area contributed by atoms with E-state index in [1.807, 2.05) is 44.2 Å². The van der Waals surface area contributed by atoms with Gasteiger partial charge in [-0.3, -0.25) is 4.21 Å². The molecule has 4 heteroatoms. The summed E-state index contributed by atoms with van der Waals surface area (Å²) in [7, 11) is 0.166. The van der Waals surface area contributed by atoms with Gasteiger partial charge >= 0.3 is 5.97 Å². The van der Waals surface area contributed by atoms with Crippen molar-refractivity contribution in [1.82, 2.24) is 0 Å². The van der Waals surface area contributed by atoms with Gasteiger partial charge in [0.25, 0.3) is 0 Å². The zero-order chi connectivity index (χ0) is 14.4. The van der Waals surface area contributed by atoms with Crippen molar-refractivity contribution in [3.63, 3.8) is 0 Å². The molecule has 0 radical (unpaired) electrons. The van der Waals surface area contributed by atoms with Crippen LogP contribution in [0.5, 0.6) is 0 Å². The second-order valence-corrected chi connectivity index (χ2v) is 6.36. The summed E-state index contributed by atoms with van der Waals surface area (Å²) in [6, 6.07) is 9.29. The van der Waals surface area contributed by atoms with Crippen LogP contribution in [0.25, 0.3) is 0 Å². The summed E-state index contributed by atoms with van der Waals surface area (Å²) in [6.07, 6.45) is 0.381. The highest BCUT2D eigenvalue weighted by molar-refractivity contribution is 7.85. The van der Waals surface area contributed by atoms with Crippen molar-refractivity contribution < 1.29 is 13.7 Å². The number of benzene rings is 1. The Morgan fingerprint density at radius 3 is 2.37 bits per heavy atom. The van der Waals surface area contributed by atoms with Crippen molar-refractivity contribution in [1.29, 1.82) is 0 Å². The Bertz CT molecular complexity index is 466. The number of hydrogen-bond acceptors (Lipinski definition) is 3. The predicted molar refractivity (Wildman–Crippen MR) is 77.2 cm³/mol. The van der Waals surface area contributed by atoms with Crippen LogP contribution in [0.2, 0.25) is 0 Å². The van der Waals surface area contributed by atoms with E-state index in [2.05, 4.69) is 11.3 Å². The van der Waals surface area contributed by atoms with Gasteiger partial charge in [-0.2, -0.15) is 0 Å². The molecule has 0 heterocycles. The molecule has 1 aromatic carbocycles. The number of carbonyl (C=O) groups excluding carboxylic acids is 1. The van der Waals surface area contributed by atoms with Crippen LogP contribution in [0.3, 0.4) is 0 Å². The van der Waals surface area contributed by atoms with Gasteiger partial charge in [-0.25, -0.2) is 4.79 Å². The molecule has 0 N–H and O–H groups in total. The number of hydrogen-bond donors (Lipinski definition) is 0. The molecule has 0 bridgehead atoms. The van der Waals surface area contributed by atoms with Crippen molar-refractivity contribution in [3.05, 3.63) is 42.5 Å². The van der Waals surface area contributed by atoms with E-state index in [9.17, 15) is 9.00 Å². The van der Waals surface area contributed by atoms with Crippen molar-refractivity contribution in [3.8, 4) is 0 Å². The first-order valence-corrected chi connectivity index (χ1v) is 7.40. The summed E-state index contributed by atoms with van der Waals surface area (Å²) in [5.41, 5.74) is 0.366. The van der Waals surface area contributed by atoms with Gasteiger partial charge in [-0.05, 0) is 24.5 Å². The third-order valence-electron chi connectivity index (χ3n) is 2.92. The Balaban J connectivity index is 2.87. The summed E-state index contributed by atoms with van der Waals surface area (Å²) in [6.45, 7) is 7.71. The van der Waals surface area contributed by atoms with Gasteiger partial charge in [0, 0.05) is 15.7 Å². The smallest absolute Gasteiger partial charge is 0.333 e. The monoisotopic (exact) mass is 280 g/mol. The van der Waals surface area contributed by atoms with E-state index < -0.39 is 16.8 Å². The fraction of sp³-hybridized carbons (Fsp3) is 0.400. The molecule has 0 fully saturated rings. The third-order valence-corrected chi connectivity index (χ3v) is 4.91. The molecule has 3 nitrogen and oxygen atoms in total. The van der Waals surface area contributed by atoms with Crippen LogP contribution in [-0.2, 0) is 20.3 Å². The van der Waals surface area contributed by atoms with Crippen LogP contribution < -0.4 is 0 Å². The lowest BCUT2D eigenvalue weighted by Crippen LogP contribution is -2.24. The Morgan fingerprint density at radius 2 is 1.89 bits per heavy atom. The largest absolute Gasteiger partial charge is 0.466 e. The highest BCUT2D eigenvalue weighted by Gasteiger charge is 2.25. The topological polar surface area (TPSA) is 43.4 Å². The van der Waals surface area contributed by atoms with Crippen molar-refractivity contribution in [2.24, 2.45) is 5.92 Å². The fourth-order valence-corrected chi connectivity index (χ4v) is 3.38. The van der Waals surface area contributed by atoms with Crippen molar-refractivity contribution in [2.75, 3.05) is 7.11 Å². The molecule has 1 unspecified atom stereocenters. The Kier molecular flexibility index (Phi) is 5.96. The molecule has 0 aliphatic heterocycles. The molecule has 0 aliphatic rings. The third kappa shape index (κ3) is 4.31. The summed E-state index contributed by atoms with van der Waals surface area (Å²) in [5.74, 6) is -0.252.